The van der Waals surface area contributed by atoms with E-state index in [1.54, 1.807) is 0 Å². The first-order chi connectivity index (χ1) is 16.0. The summed E-state index contributed by atoms with van der Waals surface area (Å²) in [5.41, 5.74) is 11.4. The van der Waals surface area contributed by atoms with Gasteiger partial charge in [-0.05, 0) is 57.4 Å². The zero-order valence-electron chi connectivity index (χ0n) is 20.0. The van der Waals surface area contributed by atoms with E-state index in [0.717, 1.165) is 0 Å². The number of aliphatic carboxylic acids is 2. The molecule has 0 aliphatic carbocycles. The van der Waals surface area contributed by atoms with Crippen LogP contribution in [0.15, 0.2) is 0 Å². The maximum atomic E-state index is 13.0. The Kier molecular flexibility index (Phi) is 12.5. The summed E-state index contributed by atoms with van der Waals surface area (Å²) in [6.45, 7) is 4.62. The van der Waals surface area contributed by atoms with E-state index < -0.39 is 54.3 Å². The van der Waals surface area contributed by atoms with Crippen molar-refractivity contribution < 1.29 is 34.2 Å². The van der Waals surface area contributed by atoms with Crippen LogP contribution in [-0.4, -0.2) is 82.0 Å². The van der Waals surface area contributed by atoms with Gasteiger partial charge in [-0.1, -0.05) is 13.8 Å². The van der Waals surface area contributed by atoms with E-state index in [0.29, 0.717) is 45.2 Å². The van der Waals surface area contributed by atoms with E-state index in [-0.39, 0.29) is 24.7 Å². The number of hydrogen-bond donors (Lipinski definition) is 6. The Morgan fingerprint density at radius 3 is 2.26 bits per heavy atom. The minimum Gasteiger partial charge on any atom is -0.481 e. The van der Waals surface area contributed by atoms with Crippen LogP contribution in [-0.2, 0) is 24.0 Å². The van der Waals surface area contributed by atoms with Gasteiger partial charge in [-0.15, -0.1) is 0 Å². The lowest BCUT2D eigenvalue weighted by Crippen LogP contribution is -2.56. The fraction of sp³-hybridized carbons (Fsp3) is 0.773. The normalized spacial score (nSPS) is 18.3. The predicted octanol–water partition coefficient (Wildman–Crippen LogP) is -0.601. The monoisotopic (exact) mass is 485 g/mol. The molecule has 194 valence electrons. The van der Waals surface area contributed by atoms with Crippen LogP contribution in [0.25, 0.3) is 0 Å². The van der Waals surface area contributed by atoms with Crippen LogP contribution in [0, 0.1) is 5.92 Å². The Hall–Kier alpha value is -2.73. The summed E-state index contributed by atoms with van der Waals surface area (Å²) in [6.07, 6.45) is 2.03. The second-order valence-electron chi connectivity index (χ2n) is 9.10. The summed E-state index contributed by atoms with van der Waals surface area (Å²) in [5.74, 6) is -3.93. The van der Waals surface area contributed by atoms with Crippen molar-refractivity contribution in [1.82, 2.24) is 15.5 Å². The lowest BCUT2D eigenvalue weighted by molar-refractivity contribution is -0.144. The Morgan fingerprint density at radius 1 is 1.03 bits per heavy atom. The fourth-order valence-corrected chi connectivity index (χ4v) is 3.95. The average molecular weight is 486 g/mol. The molecule has 1 saturated heterocycles. The summed E-state index contributed by atoms with van der Waals surface area (Å²) >= 11 is 0. The first-order valence-electron chi connectivity index (χ1n) is 11.8. The second-order valence-corrected chi connectivity index (χ2v) is 9.10. The molecule has 4 atom stereocenters. The molecule has 12 nitrogen and oxygen atoms in total. The highest BCUT2D eigenvalue weighted by Crippen LogP contribution is 2.20. The summed E-state index contributed by atoms with van der Waals surface area (Å²) in [4.78, 5) is 62.5. The topological polar surface area (TPSA) is 205 Å². The minimum atomic E-state index is -1.26. The number of rotatable bonds is 15. The molecule has 12 heteroatoms. The number of likely N-dealkylation sites (tertiary alicyclic amines) is 1. The van der Waals surface area contributed by atoms with Gasteiger partial charge in [0.25, 0.3) is 0 Å². The zero-order chi connectivity index (χ0) is 25.8. The number of amides is 3. The van der Waals surface area contributed by atoms with Gasteiger partial charge in [-0.2, -0.15) is 0 Å². The van der Waals surface area contributed by atoms with Gasteiger partial charge in [0, 0.05) is 13.0 Å². The third-order valence-electron chi connectivity index (χ3n) is 5.72. The molecule has 3 amide bonds. The largest absolute Gasteiger partial charge is 0.481 e. The maximum absolute atomic E-state index is 13.0. The molecule has 4 unspecified atom stereocenters. The molecule has 0 aromatic rings. The molecule has 0 spiro atoms. The van der Waals surface area contributed by atoms with E-state index >= 15 is 0 Å². The highest BCUT2D eigenvalue weighted by Gasteiger charge is 2.38. The molecule has 1 aliphatic rings. The standard InChI is InChI=1S/C22H39N5O7/c1-13(2)12-14(24)21(32)27-11-5-7-17(27)20(31)25-15(8-9-18(28)29)19(30)26-16(22(33)34)6-3-4-10-23/h13-17H,3-12,23-24H2,1-2H3,(H,25,31)(H,26,30)(H,28,29)(H,33,34). The molecular formula is C22H39N5O7. The fourth-order valence-electron chi connectivity index (χ4n) is 3.95. The van der Waals surface area contributed by atoms with Crippen molar-refractivity contribution in [3.8, 4) is 0 Å². The zero-order valence-corrected chi connectivity index (χ0v) is 20.0. The van der Waals surface area contributed by atoms with Gasteiger partial charge in [-0.3, -0.25) is 19.2 Å². The number of nitrogens with one attached hydrogen (secondary N) is 2. The van der Waals surface area contributed by atoms with Crippen LogP contribution in [0.5, 0.6) is 0 Å². The molecule has 0 saturated carbocycles. The number of carbonyl (C=O) groups is 5. The van der Waals surface area contributed by atoms with Crippen LogP contribution in [0.3, 0.4) is 0 Å². The third kappa shape index (κ3) is 9.64. The smallest absolute Gasteiger partial charge is 0.326 e. The number of nitrogens with zero attached hydrogens (tertiary/aromatic N) is 1. The predicted molar refractivity (Wildman–Crippen MR) is 123 cm³/mol. The number of unbranched alkanes of at least 4 members (excludes halogenated alkanes) is 1. The summed E-state index contributed by atoms with van der Waals surface area (Å²) in [6, 6.07) is -4.03. The Morgan fingerprint density at radius 2 is 1.71 bits per heavy atom. The summed E-state index contributed by atoms with van der Waals surface area (Å²) in [5, 5.41) is 23.3. The van der Waals surface area contributed by atoms with Gasteiger partial charge < -0.3 is 37.2 Å². The Balaban J connectivity index is 2.91. The third-order valence-corrected chi connectivity index (χ3v) is 5.72. The summed E-state index contributed by atoms with van der Waals surface area (Å²) in [7, 11) is 0. The molecule has 0 radical (unpaired) electrons. The van der Waals surface area contributed by atoms with E-state index in [4.69, 9.17) is 16.6 Å². The van der Waals surface area contributed by atoms with Crippen LogP contribution < -0.4 is 22.1 Å². The number of carbonyl (C=O) groups excluding carboxylic acids is 3. The van der Waals surface area contributed by atoms with E-state index in [1.807, 2.05) is 13.8 Å². The van der Waals surface area contributed by atoms with Gasteiger partial charge >= 0.3 is 11.9 Å². The first kappa shape index (κ1) is 29.3. The van der Waals surface area contributed by atoms with Gasteiger partial charge in [-0.25, -0.2) is 4.79 Å². The van der Waals surface area contributed by atoms with Crippen molar-refractivity contribution in [2.24, 2.45) is 17.4 Å². The molecule has 0 bridgehead atoms. The van der Waals surface area contributed by atoms with Crippen LogP contribution in [0.2, 0.25) is 0 Å². The Bertz CT molecular complexity index is 730. The highest BCUT2D eigenvalue weighted by atomic mass is 16.4. The van der Waals surface area contributed by atoms with Crippen molar-refractivity contribution in [2.75, 3.05) is 13.1 Å². The molecule has 1 fully saturated rings. The first-order valence-corrected chi connectivity index (χ1v) is 11.8. The minimum absolute atomic E-state index is 0.149. The van der Waals surface area contributed by atoms with Crippen LogP contribution in [0.4, 0.5) is 0 Å². The Labute approximate surface area is 199 Å². The van der Waals surface area contributed by atoms with Crippen molar-refractivity contribution >= 4 is 29.7 Å². The molecule has 1 heterocycles. The van der Waals surface area contributed by atoms with Crippen molar-refractivity contribution in [2.45, 2.75) is 89.4 Å². The molecule has 8 N–H and O–H groups in total. The van der Waals surface area contributed by atoms with Gasteiger partial charge in [0.1, 0.15) is 18.1 Å². The highest BCUT2D eigenvalue weighted by molar-refractivity contribution is 5.94. The average Bonchev–Trinajstić information content (AvgIpc) is 3.24. The number of hydrogen-bond acceptors (Lipinski definition) is 7. The molecule has 34 heavy (non-hydrogen) atoms. The molecular weight excluding hydrogens is 446 g/mol. The maximum Gasteiger partial charge on any atom is 0.326 e. The number of nitrogens with two attached hydrogens (primary N) is 2. The van der Waals surface area contributed by atoms with Crippen LogP contribution in [0.1, 0.15) is 65.2 Å². The van der Waals surface area contributed by atoms with Gasteiger partial charge in [0.05, 0.1) is 6.04 Å². The lowest BCUT2D eigenvalue weighted by atomic mass is 10.0. The van der Waals surface area contributed by atoms with Gasteiger partial charge in [0.2, 0.25) is 17.7 Å². The van der Waals surface area contributed by atoms with E-state index in [9.17, 15) is 29.1 Å². The quantitative estimate of drug-likeness (QED) is 0.163. The van der Waals surface area contributed by atoms with Gasteiger partial charge in [0.15, 0.2) is 0 Å². The van der Waals surface area contributed by atoms with Crippen molar-refractivity contribution in [3.05, 3.63) is 0 Å². The summed E-state index contributed by atoms with van der Waals surface area (Å²) < 4.78 is 0. The van der Waals surface area contributed by atoms with Crippen LogP contribution >= 0.6 is 0 Å². The number of carboxylic acids is 2. The van der Waals surface area contributed by atoms with E-state index in [1.165, 1.54) is 4.90 Å². The lowest BCUT2D eigenvalue weighted by Gasteiger charge is -2.29. The van der Waals surface area contributed by atoms with E-state index in [2.05, 4.69) is 10.6 Å². The molecule has 0 aromatic heterocycles. The van der Waals surface area contributed by atoms with Crippen molar-refractivity contribution in [1.29, 1.82) is 0 Å². The number of carboxylic acid groups (broad SMARTS) is 2. The molecule has 1 aliphatic heterocycles. The second kappa shape index (κ2) is 14.5. The molecule has 1 rings (SSSR count). The van der Waals surface area contributed by atoms with Crippen molar-refractivity contribution in [3.63, 3.8) is 0 Å². The molecule has 0 aromatic carbocycles. The SMILES string of the molecule is CC(C)CC(N)C(=O)N1CCCC1C(=O)NC(CCC(=O)O)C(=O)NC(CCCCN)C(=O)O.